The highest BCUT2D eigenvalue weighted by atomic mass is 32.2. The van der Waals surface area contributed by atoms with Crippen molar-refractivity contribution in [2.45, 2.75) is 22.7 Å². The first-order valence-corrected chi connectivity index (χ1v) is 11.3. The number of hydrogen-bond donors (Lipinski definition) is 1. The number of ether oxygens (including phenoxy) is 2. The van der Waals surface area contributed by atoms with Crippen LogP contribution in [0.1, 0.15) is 12.0 Å². The van der Waals surface area contributed by atoms with Crippen molar-refractivity contribution in [1.82, 2.24) is 4.98 Å². The smallest absolute Gasteiger partial charge is 0.384 e. The van der Waals surface area contributed by atoms with Gasteiger partial charge in [0.1, 0.15) is 5.82 Å². The molecule has 0 saturated carbocycles. The summed E-state index contributed by atoms with van der Waals surface area (Å²) in [4.78, 5) is 5.68. The molecule has 3 heterocycles. The lowest BCUT2D eigenvalue weighted by Gasteiger charge is -2.30. The van der Waals surface area contributed by atoms with Crippen LogP contribution in [0.3, 0.4) is 0 Å². The Hall–Kier alpha value is -2.37. The second kappa shape index (κ2) is 8.29. The number of aromatic nitrogens is 1. The summed E-state index contributed by atoms with van der Waals surface area (Å²) in [5, 5.41) is -0.730. The molecule has 4 rings (SSSR count). The van der Waals surface area contributed by atoms with Crippen LogP contribution in [0.5, 0.6) is 0 Å². The van der Waals surface area contributed by atoms with Crippen LogP contribution in [0.25, 0.3) is 11.1 Å². The summed E-state index contributed by atoms with van der Waals surface area (Å²) in [5.74, 6) is -0.267. The van der Waals surface area contributed by atoms with Gasteiger partial charge in [0, 0.05) is 37.1 Å². The molecule has 0 aliphatic carbocycles. The van der Waals surface area contributed by atoms with Crippen molar-refractivity contribution in [3.63, 3.8) is 0 Å². The molecule has 2 aliphatic heterocycles. The van der Waals surface area contributed by atoms with Crippen molar-refractivity contribution in [1.29, 1.82) is 0 Å². The summed E-state index contributed by atoms with van der Waals surface area (Å²) < 4.78 is 78.1. The van der Waals surface area contributed by atoms with E-state index in [4.69, 9.17) is 15.2 Å². The number of rotatable bonds is 4. The number of nitrogens with zero attached hydrogens (tertiary/aromatic N) is 2. The van der Waals surface area contributed by atoms with Gasteiger partial charge in [0.25, 0.3) is 0 Å². The van der Waals surface area contributed by atoms with E-state index in [0.29, 0.717) is 45.0 Å². The van der Waals surface area contributed by atoms with Crippen LogP contribution in [-0.4, -0.2) is 58.2 Å². The summed E-state index contributed by atoms with van der Waals surface area (Å²) in [5.41, 5.74) is 4.93. The van der Waals surface area contributed by atoms with Crippen LogP contribution in [0.2, 0.25) is 0 Å². The largest absolute Gasteiger partial charge is 0.417 e. The van der Waals surface area contributed by atoms with Gasteiger partial charge in [-0.3, -0.25) is 0 Å². The van der Waals surface area contributed by atoms with Crippen LogP contribution >= 0.6 is 0 Å². The molecule has 7 nitrogen and oxygen atoms in total. The zero-order valence-electron chi connectivity index (χ0n) is 16.6. The predicted molar refractivity (Wildman–Crippen MR) is 109 cm³/mol. The molecule has 1 atom stereocenters. The summed E-state index contributed by atoms with van der Waals surface area (Å²) >= 11 is 0. The fourth-order valence-electron chi connectivity index (χ4n) is 3.79. The highest BCUT2D eigenvalue weighted by Crippen LogP contribution is 2.40. The van der Waals surface area contributed by atoms with Gasteiger partial charge in [-0.1, -0.05) is 0 Å². The Bertz CT molecular complexity index is 1060. The molecule has 1 aromatic carbocycles. The predicted octanol–water partition coefficient (Wildman–Crippen LogP) is 2.75. The second-order valence-electron chi connectivity index (χ2n) is 7.50. The van der Waals surface area contributed by atoms with E-state index in [0.717, 1.165) is 12.3 Å². The lowest BCUT2D eigenvalue weighted by atomic mass is 10.0. The quantitative estimate of drug-likeness (QED) is 0.754. The van der Waals surface area contributed by atoms with E-state index in [1.54, 1.807) is 6.07 Å². The van der Waals surface area contributed by atoms with Crippen LogP contribution in [0.4, 0.5) is 24.7 Å². The van der Waals surface area contributed by atoms with Crippen LogP contribution in [0, 0.1) is 0 Å². The van der Waals surface area contributed by atoms with E-state index < -0.39 is 26.8 Å². The number of morpholine rings is 1. The molecular formula is C20H22F3N3O4S. The zero-order valence-corrected chi connectivity index (χ0v) is 17.4. The summed E-state index contributed by atoms with van der Waals surface area (Å²) in [6.45, 7) is 2.29. The second-order valence-corrected chi connectivity index (χ2v) is 9.73. The first-order valence-electron chi connectivity index (χ1n) is 9.79. The number of halogens is 3. The van der Waals surface area contributed by atoms with Gasteiger partial charge in [-0.05, 0) is 36.2 Å². The molecule has 1 unspecified atom stereocenters. The Kier molecular flexibility index (Phi) is 5.84. The van der Waals surface area contributed by atoms with Gasteiger partial charge in [0.05, 0.1) is 35.5 Å². The molecule has 11 heteroatoms. The number of pyridine rings is 1. The van der Waals surface area contributed by atoms with Crippen molar-refractivity contribution >= 4 is 21.3 Å². The van der Waals surface area contributed by atoms with Gasteiger partial charge in [-0.15, -0.1) is 0 Å². The Labute approximate surface area is 177 Å². The average molecular weight is 457 g/mol. The van der Waals surface area contributed by atoms with E-state index >= 15 is 0 Å². The van der Waals surface area contributed by atoms with E-state index in [-0.39, 0.29) is 28.4 Å². The number of benzene rings is 1. The summed E-state index contributed by atoms with van der Waals surface area (Å²) in [6.07, 6.45) is -3.30. The third-order valence-corrected chi connectivity index (χ3v) is 7.61. The molecule has 2 aromatic rings. The minimum atomic E-state index is -4.68. The number of alkyl halides is 3. The highest BCUT2D eigenvalue weighted by molar-refractivity contribution is 7.92. The minimum Gasteiger partial charge on any atom is -0.384 e. The van der Waals surface area contributed by atoms with E-state index in [1.165, 1.54) is 12.1 Å². The lowest BCUT2D eigenvalue weighted by Crippen LogP contribution is -2.36. The Balaban J connectivity index is 1.89. The molecular weight excluding hydrogens is 435 g/mol. The summed E-state index contributed by atoms with van der Waals surface area (Å²) in [7, 11) is -3.80. The van der Waals surface area contributed by atoms with Gasteiger partial charge in [0.15, 0.2) is 9.84 Å². The highest BCUT2D eigenvalue weighted by Gasteiger charge is 2.36. The maximum absolute atomic E-state index is 13.7. The van der Waals surface area contributed by atoms with Crippen molar-refractivity contribution in [3.05, 3.63) is 36.0 Å². The van der Waals surface area contributed by atoms with Crippen molar-refractivity contribution in [3.8, 4) is 11.1 Å². The molecule has 31 heavy (non-hydrogen) atoms. The van der Waals surface area contributed by atoms with Gasteiger partial charge in [0.2, 0.25) is 0 Å². The van der Waals surface area contributed by atoms with E-state index in [2.05, 4.69) is 4.98 Å². The van der Waals surface area contributed by atoms with Crippen LogP contribution < -0.4 is 10.6 Å². The molecule has 0 spiro atoms. The topological polar surface area (TPSA) is 94.8 Å². The van der Waals surface area contributed by atoms with Crippen molar-refractivity contribution in [2.24, 2.45) is 0 Å². The third kappa shape index (κ3) is 4.48. The summed E-state index contributed by atoms with van der Waals surface area (Å²) in [6, 6.07) is 5.11. The fraction of sp³-hybridized carbons (Fsp3) is 0.450. The van der Waals surface area contributed by atoms with Gasteiger partial charge in [-0.2, -0.15) is 13.2 Å². The number of nitrogens with two attached hydrogens (primary N) is 1. The molecule has 1 aromatic heterocycles. The Morgan fingerprint density at radius 3 is 2.45 bits per heavy atom. The van der Waals surface area contributed by atoms with Gasteiger partial charge in [-0.25, -0.2) is 13.4 Å². The van der Waals surface area contributed by atoms with Gasteiger partial charge < -0.3 is 20.1 Å². The zero-order chi connectivity index (χ0) is 22.2. The monoisotopic (exact) mass is 457 g/mol. The van der Waals surface area contributed by atoms with E-state index in [1.807, 2.05) is 4.90 Å². The van der Waals surface area contributed by atoms with E-state index in [9.17, 15) is 21.6 Å². The third-order valence-electron chi connectivity index (χ3n) is 5.46. The standard InChI is InChI=1S/C20H22F3N3O4S/c21-20(22,23)18-10-19(24)25-11-17(18)13-7-14(26-2-5-29-6-3-26)9-16(8-13)31(27,28)15-1-4-30-12-15/h7-11,15H,1-6,12H2,(H2,24,25). The maximum Gasteiger partial charge on any atom is 0.417 e. The first-order chi connectivity index (χ1) is 14.7. The number of nitrogen functional groups attached to an aromatic ring is 1. The molecule has 0 bridgehead atoms. The molecule has 2 fully saturated rings. The molecule has 2 saturated heterocycles. The fourth-order valence-corrected chi connectivity index (χ4v) is 5.44. The Morgan fingerprint density at radius 1 is 1.06 bits per heavy atom. The molecule has 168 valence electrons. The normalized spacial score (nSPS) is 20.2. The number of sulfone groups is 1. The lowest BCUT2D eigenvalue weighted by molar-refractivity contribution is -0.137. The van der Waals surface area contributed by atoms with Gasteiger partial charge >= 0.3 is 6.18 Å². The molecule has 0 amide bonds. The minimum absolute atomic E-state index is 0.0352. The Morgan fingerprint density at radius 2 is 1.81 bits per heavy atom. The first kappa shape index (κ1) is 21.8. The van der Waals surface area contributed by atoms with Crippen molar-refractivity contribution < 1.29 is 31.1 Å². The number of anilines is 2. The van der Waals surface area contributed by atoms with Crippen LogP contribution in [0.15, 0.2) is 35.4 Å². The average Bonchev–Trinajstić information content (AvgIpc) is 3.29. The van der Waals surface area contributed by atoms with Crippen LogP contribution in [-0.2, 0) is 25.5 Å². The molecule has 2 aliphatic rings. The SMILES string of the molecule is Nc1cc(C(F)(F)F)c(-c2cc(N3CCOCC3)cc(S(=O)(=O)C3CCOC3)c2)cn1. The van der Waals surface area contributed by atoms with Crippen molar-refractivity contribution in [2.75, 3.05) is 50.2 Å². The maximum atomic E-state index is 13.7. The molecule has 2 N–H and O–H groups in total. The number of hydrogen-bond acceptors (Lipinski definition) is 7. The molecule has 0 radical (unpaired) electrons.